The zero-order valence-corrected chi connectivity index (χ0v) is 22.9. The first-order valence-corrected chi connectivity index (χ1v) is 12.4. The molecule has 16 heteroatoms. The van der Waals surface area contributed by atoms with Crippen molar-refractivity contribution in [2.75, 3.05) is 4.90 Å². The van der Waals surface area contributed by atoms with Gasteiger partial charge in [-0.3, -0.25) is 14.9 Å². The van der Waals surface area contributed by atoms with Crippen LogP contribution in [0.15, 0.2) is 48.9 Å². The molecule has 4 rings (SSSR count). The largest absolute Gasteiger partial charge is 0.309 e. The van der Waals surface area contributed by atoms with Crippen molar-refractivity contribution in [3.8, 4) is 11.3 Å². The third-order valence-electron chi connectivity index (χ3n) is 10.0. The van der Waals surface area contributed by atoms with E-state index in [2.05, 4.69) is 90.8 Å². The third kappa shape index (κ3) is 3.44. The van der Waals surface area contributed by atoms with E-state index in [1.54, 1.807) is 24.7 Å². The van der Waals surface area contributed by atoms with Crippen LogP contribution in [-0.4, -0.2) is 102 Å². The Kier molecular flexibility index (Phi) is 6.07. The van der Waals surface area contributed by atoms with Crippen LogP contribution in [0.25, 0.3) is 11.3 Å². The highest BCUT2D eigenvalue weighted by Gasteiger charge is 2.69. The Balaban J connectivity index is 1.92. The van der Waals surface area contributed by atoms with Crippen LogP contribution in [-0.2, 0) is 10.0 Å². The maximum Gasteiger partial charge on any atom is 0.223 e. The number of halogens is 1. The monoisotopic (exact) mass is 475 g/mol. The topological polar surface area (TPSA) is 74.8 Å². The first-order chi connectivity index (χ1) is 16.1. The fourth-order valence-electron chi connectivity index (χ4n) is 6.00. The summed E-state index contributed by atoms with van der Waals surface area (Å²) in [5.74, 6) is 0.739. The maximum atomic E-state index is 14.8. The SMILES string of the molecule is BC1(B)N(c2cc(-c3ccncc3)n[nH]2)C(=O)[C@](B)(C(B)(B)c2ccc(Cl)nc2)C(B)(B)C1(B)B. The first-order valence-electron chi connectivity index (χ1n) is 12.0. The highest BCUT2D eigenvalue weighted by molar-refractivity contribution is 6.69. The molecule has 168 valence electrons. The number of amides is 1. The van der Waals surface area contributed by atoms with Gasteiger partial charge in [0.2, 0.25) is 5.91 Å². The highest BCUT2D eigenvalue weighted by atomic mass is 35.5. The van der Waals surface area contributed by atoms with Gasteiger partial charge in [0, 0.05) is 35.5 Å². The number of pyridine rings is 2. The molecule has 6 nitrogen and oxygen atoms in total. The predicted octanol–water partition coefficient (Wildman–Crippen LogP) is -5.54. The molecule has 1 fully saturated rings. The number of hydrogen-bond acceptors (Lipinski definition) is 4. The molecule has 0 saturated carbocycles. The molecule has 1 aliphatic heterocycles. The average molecular weight is 474 g/mol. The van der Waals surface area contributed by atoms with Crippen molar-refractivity contribution in [2.45, 2.75) is 26.3 Å². The Morgan fingerprint density at radius 3 is 2.14 bits per heavy atom. The minimum Gasteiger partial charge on any atom is -0.309 e. The standard InChI is InChI=1S/C19H27B9ClN5O/c20-15(16(21,22)10-1-2-12(29)31-8-10)14(35)34(19(27,28)18(25,26)17(15,23)24)13-7-11(32-33-13)9-3-5-30-6-4-9/h1-8H,20-28H2,(H,32,33)/t15-/m0/s1. The summed E-state index contributed by atoms with van der Waals surface area (Å²) in [7, 11) is 19.7. The molecule has 1 N–H and O–H groups in total. The second kappa shape index (κ2) is 8.19. The number of H-pyrrole nitrogens is 1. The molecule has 1 saturated heterocycles. The van der Waals surface area contributed by atoms with Crippen LogP contribution < -0.4 is 4.90 Å². The van der Waals surface area contributed by atoms with Gasteiger partial charge in [0.05, 0.1) is 37.1 Å². The quantitative estimate of drug-likeness (QED) is 0.303. The number of aromatic amines is 1. The van der Waals surface area contributed by atoms with Gasteiger partial charge in [-0.05, 0) is 29.1 Å². The number of piperidine rings is 1. The van der Waals surface area contributed by atoms with Crippen LogP contribution in [0.3, 0.4) is 0 Å². The van der Waals surface area contributed by atoms with Gasteiger partial charge >= 0.3 is 0 Å². The summed E-state index contributed by atoms with van der Waals surface area (Å²) in [6, 6.07) is 9.57. The maximum absolute atomic E-state index is 14.8. The fourth-order valence-corrected chi connectivity index (χ4v) is 6.12. The number of nitrogens with one attached hydrogen (secondary N) is 1. The lowest BCUT2D eigenvalue weighted by Gasteiger charge is -2.72. The molecule has 0 aliphatic carbocycles. The lowest BCUT2D eigenvalue weighted by molar-refractivity contribution is -0.124. The summed E-state index contributed by atoms with van der Waals surface area (Å²) in [4.78, 5) is 25.2. The normalized spacial score (nSPS) is 23.1. The summed E-state index contributed by atoms with van der Waals surface area (Å²) >= 11 is 6.10. The summed E-state index contributed by atoms with van der Waals surface area (Å²) < 4.78 is 0. The molecule has 1 aliphatic rings. The summed E-state index contributed by atoms with van der Waals surface area (Å²) in [6.45, 7) is 0. The first kappa shape index (κ1) is 25.9. The van der Waals surface area contributed by atoms with E-state index in [1.165, 1.54) is 0 Å². The molecule has 0 spiro atoms. The number of rotatable bonds is 4. The summed E-state index contributed by atoms with van der Waals surface area (Å²) in [5, 5.41) is 5.62. The number of anilines is 1. The van der Waals surface area contributed by atoms with Crippen LogP contribution in [0, 0.1) is 0 Å². The Bertz CT molecular complexity index is 1270. The van der Waals surface area contributed by atoms with Crippen molar-refractivity contribution in [2.24, 2.45) is 0 Å². The van der Waals surface area contributed by atoms with E-state index in [0.717, 1.165) is 16.8 Å². The number of aromatic nitrogens is 4. The zero-order chi connectivity index (χ0) is 26.0. The second-order valence-electron chi connectivity index (χ2n) is 11.9. The Labute approximate surface area is 220 Å². The third-order valence-corrected chi connectivity index (χ3v) is 10.2. The second-order valence-corrected chi connectivity index (χ2v) is 12.3. The van der Waals surface area contributed by atoms with Crippen molar-refractivity contribution in [3.63, 3.8) is 0 Å². The van der Waals surface area contributed by atoms with Crippen molar-refractivity contribution >= 4 is 93.9 Å². The predicted molar refractivity (Wildman–Crippen MR) is 168 cm³/mol. The van der Waals surface area contributed by atoms with Crippen LogP contribution in [0.1, 0.15) is 5.56 Å². The number of nitrogens with zero attached hydrogens (tertiary/aromatic N) is 4. The molecule has 3 aromatic heterocycles. The molecule has 35 heavy (non-hydrogen) atoms. The van der Waals surface area contributed by atoms with E-state index in [0.29, 0.717) is 11.0 Å². The fraction of sp³-hybridized carbons (Fsp3) is 0.263. The van der Waals surface area contributed by atoms with Gasteiger partial charge in [-0.1, -0.05) is 33.3 Å². The summed E-state index contributed by atoms with van der Waals surface area (Å²) in [6.07, 6.45) is 5.28. The van der Waals surface area contributed by atoms with Crippen molar-refractivity contribution in [1.82, 2.24) is 20.2 Å². The molecule has 0 aromatic carbocycles. The molecule has 3 aromatic rings. The smallest absolute Gasteiger partial charge is 0.223 e. The average Bonchev–Trinajstić information content (AvgIpc) is 3.27. The van der Waals surface area contributed by atoms with Crippen molar-refractivity contribution < 1.29 is 4.79 Å². The van der Waals surface area contributed by atoms with Crippen molar-refractivity contribution in [1.29, 1.82) is 0 Å². The molecular formula is C19H27B9ClN5O. The molecule has 1 atom stereocenters. The lowest BCUT2D eigenvalue weighted by Crippen LogP contribution is -2.76. The zero-order valence-electron chi connectivity index (χ0n) is 22.2. The Morgan fingerprint density at radius 1 is 0.943 bits per heavy atom. The van der Waals surface area contributed by atoms with E-state index in [9.17, 15) is 4.79 Å². The lowest BCUT2D eigenvalue weighted by atomic mass is 9.08. The van der Waals surface area contributed by atoms with Crippen LogP contribution >= 0.6 is 11.6 Å². The van der Waals surface area contributed by atoms with E-state index in [1.807, 2.05) is 29.2 Å². The van der Waals surface area contributed by atoms with Crippen LogP contribution in [0.5, 0.6) is 0 Å². The molecule has 0 unspecified atom stereocenters. The van der Waals surface area contributed by atoms with E-state index < -0.39 is 21.1 Å². The van der Waals surface area contributed by atoms with E-state index in [-0.39, 0.29) is 11.1 Å². The van der Waals surface area contributed by atoms with Crippen LogP contribution in [0.2, 0.25) is 20.9 Å². The Morgan fingerprint density at radius 2 is 1.57 bits per heavy atom. The van der Waals surface area contributed by atoms with Gasteiger partial charge in [-0.15, -0.1) is 0 Å². The number of hydrogen-bond donors (Lipinski definition) is 1. The van der Waals surface area contributed by atoms with Gasteiger partial charge in [-0.2, -0.15) is 5.10 Å². The minimum absolute atomic E-state index is 0.0525. The van der Waals surface area contributed by atoms with Crippen LogP contribution in [0.4, 0.5) is 5.82 Å². The molecular weight excluding hydrogens is 447 g/mol. The number of carbonyl (C=O) groups excluding carboxylic acids is 1. The highest BCUT2D eigenvalue weighted by Crippen LogP contribution is 2.71. The Hall–Kier alpha value is -2.15. The van der Waals surface area contributed by atoms with E-state index in [4.69, 9.17) is 11.6 Å². The van der Waals surface area contributed by atoms with Gasteiger partial charge in [0.1, 0.15) is 50.2 Å². The van der Waals surface area contributed by atoms with Gasteiger partial charge in [0.15, 0.2) is 0 Å². The summed E-state index contributed by atoms with van der Waals surface area (Å²) in [5.41, 5.74) is 2.69. The molecule has 4 heterocycles. The molecule has 1 amide bonds. The van der Waals surface area contributed by atoms with Crippen molar-refractivity contribution in [3.05, 3.63) is 59.6 Å². The van der Waals surface area contributed by atoms with Gasteiger partial charge in [0.25, 0.3) is 0 Å². The molecule has 0 radical (unpaired) electrons. The van der Waals surface area contributed by atoms with E-state index >= 15 is 0 Å². The van der Waals surface area contributed by atoms with Gasteiger partial charge < -0.3 is 4.90 Å². The molecule has 0 bridgehead atoms. The number of carbonyl (C=O) groups is 1. The minimum atomic E-state index is -0.795. The van der Waals surface area contributed by atoms with Gasteiger partial charge in [-0.25, -0.2) is 4.98 Å².